The van der Waals surface area contributed by atoms with Gasteiger partial charge in [0.1, 0.15) is 45.4 Å². The average molecular weight is 735 g/mol. The van der Waals surface area contributed by atoms with E-state index in [0.29, 0.717) is 35.1 Å². The van der Waals surface area contributed by atoms with Crippen molar-refractivity contribution in [3.05, 3.63) is 0 Å². The first-order chi connectivity index (χ1) is 22.7. The van der Waals surface area contributed by atoms with Gasteiger partial charge in [0, 0.05) is 47.8 Å². The Morgan fingerprint density at radius 2 is 1.56 bits per heavy atom. The van der Waals surface area contributed by atoms with Crippen LogP contribution in [0.1, 0.15) is 99.3 Å². The molecule has 1 rings (SSSR count). The number of carbonyl (C=O) groups excluding carboxylic acids is 1. The molecule has 1 saturated heterocycles. The summed E-state index contributed by atoms with van der Waals surface area (Å²) in [6.45, 7) is 21.9. The number of hydroxylamine groups is 1. The molecule has 1 heterocycles. The maximum Gasteiger partial charge on any atom is 0.267 e. The fraction of sp³-hybridized carbons (Fsp3) is 0.971. The molecule has 4 unspecified atom stereocenters. The minimum absolute atomic E-state index is 0.0378. The van der Waals surface area contributed by atoms with Crippen molar-refractivity contribution in [2.24, 2.45) is 0 Å². The van der Waals surface area contributed by atoms with Crippen LogP contribution in [0.2, 0.25) is 0 Å². The van der Waals surface area contributed by atoms with Crippen molar-refractivity contribution in [1.82, 2.24) is 15.4 Å². The smallest absolute Gasteiger partial charge is 0.267 e. The van der Waals surface area contributed by atoms with Crippen molar-refractivity contribution in [1.29, 1.82) is 0 Å². The van der Waals surface area contributed by atoms with Crippen LogP contribution in [-0.2, 0) is 9.63 Å². The highest BCUT2D eigenvalue weighted by molar-refractivity contribution is 6.85. The van der Waals surface area contributed by atoms with Gasteiger partial charge in [0.15, 0.2) is 12.8 Å². The summed E-state index contributed by atoms with van der Waals surface area (Å²) in [4.78, 5) is 20.5. The van der Waals surface area contributed by atoms with Crippen molar-refractivity contribution >= 4 is 27.6 Å². The summed E-state index contributed by atoms with van der Waals surface area (Å²) in [7, 11) is 16.4. The average Bonchev–Trinajstić information content (AvgIpc) is 3.02. The van der Waals surface area contributed by atoms with Gasteiger partial charge in [-0.3, -0.25) is 14.5 Å². The van der Waals surface area contributed by atoms with Gasteiger partial charge in [0.25, 0.3) is 5.91 Å². The van der Waals surface area contributed by atoms with Gasteiger partial charge in [-0.15, -0.1) is 0 Å². The SMILES string of the molecule is CCCC(CC)ONCCN(CCC)CC(O)C[N+](C)(C)CO.CCCCCC(=O)N1CC[N+]1(CCC)CC(O)C[N+](C)(C)CC.ClCl. The van der Waals surface area contributed by atoms with E-state index in [-0.39, 0.29) is 24.8 Å². The molecule has 4 N–H and O–H groups in total. The van der Waals surface area contributed by atoms with E-state index in [1.165, 1.54) is 0 Å². The molecule has 1 fully saturated rings. The van der Waals surface area contributed by atoms with Crippen LogP contribution < -0.4 is 5.48 Å². The van der Waals surface area contributed by atoms with Crippen molar-refractivity contribution in [2.45, 2.75) is 118 Å². The zero-order valence-electron chi connectivity index (χ0n) is 32.7. The van der Waals surface area contributed by atoms with Crippen molar-refractivity contribution in [2.75, 3.05) is 107 Å². The number of rotatable bonds is 26. The largest absolute Gasteiger partial charge is 0.386 e. The van der Waals surface area contributed by atoms with Gasteiger partial charge < -0.3 is 24.3 Å². The fourth-order valence-electron chi connectivity index (χ4n) is 6.22. The summed E-state index contributed by atoms with van der Waals surface area (Å²) >= 11 is 0. The minimum atomic E-state index is -0.437. The fourth-order valence-corrected chi connectivity index (χ4v) is 6.22. The molecule has 13 heteroatoms. The molecule has 0 spiro atoms. The van der Waals surface area contributed by atoms with E-state index in [2.05, 4.69) is 87.7 Å². The summed E-state index contributed by atoms with van der Waals surface area (Å²) < 4.78 is 1.90. The van der Waals surface area contributed by atoms with Gasteiger partial charge in [-0.1, -0.05) is 53.9 Å². The Kier molecular flexibility index (Phi) is 29.4. The van der Waals surface area contributed by atoms with Gasteiger partial charge in [0.05, 0.1) is 40.8 Å². The highest BCUT2D eigenvalue weighted by Gasteiger charge is 2.48. The van der Waals surface area contributed by atoms with Crippen LogP contribution in [0.15, 0.2) is 0 Å². The number of hydrogen-bond donors (Lipinski definition) is 4. The second-order valence-corrected chi connectivity index (χ2v) is 14.8. The summed E-state index contributed by atoms with van der Waals surface area (Å²) in [6, 6.07) is 0. The van der Waals surface area contributed by atoms with Gasteiger partial charge >= 0.3 is 0 Å². The van der Waals surface area contributed by atoms with Crippen LogP contribution in [0.25, 0.3) is 0 Å². The molecular formula is C35H79Cl2N6O5+3. The second-order valence-electron chi connectivity index (χ2n) is 14.8. The molecule has 0 aromatic carbocycles. The van der Waals surface area contributed by atoms with E-state index in [1.807, 2.05) is 19.1 Å². The Bertz CT molecular complexity index is 786. The number of unbranched alkanes of at least 4 members (excludes halogenated alkanes) is 2. The molecule has 1 aliphatic heterocycles. The summed E-state index contributed by atoms with van der Waals surface area (Å²) in [6.07, 6.45) is 8.72. The molecule has 4 atom stereocenters. The molecule has 0 aromatic rings. The second kappa shape index (κ2) is 28.3. The van der Waals surface area contributed by atoms with Crippen LogP contribution in [0.4, 0.5) is 0 Å². The first kappa shape index (κ1) is 49.8. The van der Waals surface area contributed by atoms with Gasteiger partial charge in [-0.05, 0) is 45.6 Å². The molecule has 1 aliphatic rings. The first-order valence-electron chi connectivity index (χ1n) is 18.7. The topological polar surface area (TPSA) is 106 Å². The Hall–Kier alpha value is -0.310. The molecule has 48 heavy (non-hydrogen) atoms. The van der Waals surface area contributed by atoms with Gasteiger partial charge in [-0.2, -0.15) is 5.01 Å². The number of hydrogen-bond acceptors (Lipinski definition) is 7. The lowest BCUT2D eigenvalue weighted by Gasteiger charge is -2.54. The number of amides is 1. The first-order valence-corrected chi connectivity index (χ1v) is 19.9. The quantitative estimate of drug-likeness (QED) is 0.0447. The number of nitrogens with one attached hydrogen (secondary N) is 1. The van der Waals surface area contributed by atoms with E-state index in [9.17, 15) is 20.1 Å². The van der Waals surface area contributed by atoms with Gasteiger partial charge in [0.2, 0.25) is 0 Å². The lowest BCUT2D eigenvalue weighted by molar-refractivity contribution is -1.07. The molecule has 0 aromatic heterocycles. The highest BCUT2D eigenvalue weighted by Crippen LogP contribution is 2.26. The van der Waals surface area contributed by atoms with Crippen LogP contribution >= 0.6 is 21.7 Å². The molecular weight excluding hydrogens is 655 g/mol. The van der Waals surface area contributed by atoms with Crippen molar-refractivity contribution < 1.29 is 38.5 Å². The van der Waals surface area contributed by atoms with E-state index in [1.54, 1.807) is 0 Å². The Labute approximate surface area is 305 Å². The number of quaternary nitrogens is 3. The molecule has 0 bridgehead atoms. The third kappa shape index (κ3) is 21.8. The third-order valence-electron chi connectivity index (χ3n) is 9.22. The maximum atomic E-state index is 12.5. The number of aliphatic hydroxyl groups excluding tert-OH is 3. The monoisotopic (exact) mass is 734 g/mol. The van der Waals surface area contributed by atoms with Crippen molar-refractivity contribution in [3.63, 3.8) is 0 Å². The number of aliphatic hydroxyl groups is 3. The zero-order chi connectivity index (χ0) is 37.2. The standard InChI is InChI=1S/C18H39N3O2.C17H40N3O3.Cl2/c1-6-9-10-11-18(23)19-12-14-21(19,13-7-2)16-17(22)15-20(4,5)8-3;1-6-9-17(8-3)23-18-10-12-19(11-7-2)13-16(22)14-20(4,5)15-21;1-2/h17,22H,6-16H2,1-5H3;16-18,21-22H,6-15H2,1-5H3;/q+2;+1;. The third-order valence-corrected chi connectivity index (χ3v) is 9.22. The lowest BCUT2D eigenvalue weighted by atomic mass is 10.1. The van der Waals surface area contributed by atoms with Crippen LogP contribution in [0.5, 0.6) is 0 Å². The van der Waals surface area contributed by atoms with Crippen LogP contribution in [0, 0.1) is 0 Å². The summed E-state index contributed by atoms with van der Waals surface area (Å²) in [5.41, 5.74) is 3.08. The van der Waals surface area contributed by atoms with Crippen molar-refractivity contribution in [3.8, 4) is 0 Å². The highest BCUT2D eigenvalue weighted by atomic mass is 36.5. The van der Waals surface area contributed by atoms with E-state index >= 15 is 0 Å². The number of carbonyl (C=O) groups is 1. The minimum Gasteiger partial charge on any atom is -0.386 e. The maximum absolute atomic E-state index is 12.5. The Morgan fingerprint density at radius 1 is 0.917 bits per heavy atom. The predicted molar refractivity (Wildman–Crippen MR) is 201 cm³/mol. The number of likely N-dealkylation sites (N-methyl/N-ethyl adjacent to an activating group) is 2. The van der Waals surface area contributed by atoms with E-state index in [0.717, 1.165) is 108 Å². The molecule has 0 radical (unpaired) electrons. The number of nitrogens with zero attached hydrogens (tertiary/aromatic N) is 5. The lowest BCUT2D eigenvalue weighted by Crippen LogP contribution is -2.75. The van der Waals surface area contributed by atoms with Gasteiger partial charge in [-0.25, -0.2) is 10.1 Å². The molecule has 1 amide bonds. The summed E-state index contributed by atoms with van der Waals surface area (Å²) in [5, 5.41) is 32.1. The molecule has 290 valence electrons. The van der Waals surface area contributed by atoms with Crippen LogP contribution in [0.3, 0.4) is 0 Å². The molecule has 0 aliphatic carbocycles. The number of halogens is 2. The predicted octanol–water partition coefficient (Wildman–Crippen LogP) is 4.57. The van der Waals surface area contributed by atoms with E-state index in [4.69, 9.17) is 4.84 Å². The Balaban J connectivity index is 0. The molecule has 0 saturated carbocycles. The normalized spacial score (nSPS) is 18.3. The Morgan fingerprint density at radius 3 is 2.04 bits per heavy atom. The summed E-state index contributed by atoms with van der Waals surface area (Å²) in [5.74, 6) is 0.273. The molecule has 11 nitrogen and oxygen atoms in total. The van der Waals surface area contributed by atoms with Crippen LogP contribution in [-0.4, -0.2) is 170 Å². The zero-order valence-corrected chi connectivity index (χ0v) is 34.2. The van der Waals surface area contributed by atoms with E-state index < -0.39 is 6.10 Å².